The van der Waals surface area contributed by atoms with E-state index in [1.54, 1.807) is 0 Å². The third-order valence-corrected chi connectivity index (χ3v) is 4.73. The van der Waals surface area contributed by atoms with Crippen LogP contribution in [-0.4, -0.2) is 23.5 Å². The molecule has 2 unspecified atom stereocenters. The minimum atomic E-state index is -0.868. The molecule has 1 saturated carbocycles. The standard InChI is InChI=1S/C16H20BrNO3/c1-16(2,10-4-3-5-11(17)8-10)9-18-14(19)12-6-7-13(12)15(20)21/h3-5,8,12-13H,6-7,9H2,1-2H3,(H,18,19)(H,20,21). The van der Waals surface area contributed by atoms with Crippen molar-refractivity contribution < 1.29 is 14.7 Å². The first-order valence-electron chi connectivity index (χ1n) is 7.08. The van der Waals surface area contributed by atoms with Crippen molar-refractivity contribution in [2.75, 3.05) is 6.54 Å². The number of amides is 1. The van der Waals surface area contributed by atoms with Crippen LogP contribution in [0.4, 0.5) is 0 Å². The molecule has 1 aromatic rings. The Morgan fingerprint density at radius 3 is 2.52 bits per heavy atom. The Bertz CT molecular complexity index is 556. The summed E-state index contributed by atoms with van der Waals surface area (Å²) in [5, 5.41) is 11.9. The van der Waals surface area contributed by atoms with Crippen molar-refractivity contribution in [3.8, 4) is 0 Å². The number of aliphatic carboxylic acids is 1. The molecule has 1 aromatic carbocycles. The summed E-state index contributed by atoms with van der Waals surface area (Å²) in [5.74, 6) is -1.90. The van der Waals surface area contributed by atoms with Crippen molar-refractivity contribution in [3.05, 3.63) is 34.3 Å². The molecule has 0 spiro atoms. The summed E-state index contributed by atoms with van der Waals surface area (Å²) in [4.78, 5) is 23.1. The number of hydrogen-bond donors (Lipinski definition) is 2. The van der Waals surface area contributed by atoms with E-state index in [9.17, 15) is 9.59 Å². The van der Waals surface area contributed by atoms with Crippen molar-refractivity contribution in [3.63, 3.8) is 0 Å². The number of carboxylic acids is 1. The molecule has 2 atom stereocenters. The molecule has 0 heterocycles. The van der Waals surface area contributed by atoms with Crippen molar-refractivity contribution in [2.45, 2.75) is 32.1 Å². The zero-order chi connectivity index (χ0) is 15.6. The summed E-state index contributed by atoms with van der Waals surface area (Å²) in [5.41, 5.74) is 0.919. The molecule has 1 aliphatic carbocycles. The Kier molecular flexibility index (Phi) is 4.71. The van der Waals surface area contributed by atoms with Crippen molar-refractivity contribution in [1.29, 1.82) is 0 Å². The SMILES string of the molecule is CC(C)(CNC(=O)C1CCC1C(=O)O)c1cccc(Br)c1. The lowest BCUT2D eigenvalue weighted by atomic mass is 9.73. The van der Waals surface area contributed by atoms with Crippen molar-refractivity contribution >= 4 is 27.8 Å². The molecule has 5 heteroatoms. The molecule has 4 nitrogen and oxygen atoms in total. The molecule has 0 radical (unpaired) electrons. The van der Waals surface area contributed by atoms with Gasteiger partial charge in [-0.15, -0.1) is 0 Å². The lowest BCUT2D eigenvalue weighted by molar-refractivity contribution is -0.152. The molecule has 1 fully saturated rings. The maximum Gasteiger partial charge on any atom is 0.307 e. The first-order valence-corrected chi connectivity index (χ1v) is 7.87. The fourth-order valence-electron chi connectivity index (χ4n) is 2.56. The molecule has 2 N–H and O–H groups in total. The molecule has 0 saturated heterocycles. The van der Waals surface area contributed by atoms with E-state index in [-0.39, 0.29) is 17.2 Å². The van der Waals surface area contributed by atoms with Gasteiger partial charge in [0.25, 0.3) is 0 Å². The minimum Gasteiger partial charge on any atom is -0.481 e. The predicted octanol–water partition coefficient (Wildman–Crippen LogP) is 2.95. The molecular formula is C16H20BrNO3. The third kappa shape index (κ3) is 3.64. The second-order valence-corrected chi connectivity index (χ2v) is 7.16. The molecular weight excluding hydrogens is 334 g/mol. The Labute approximate surface area is 133 Å². The van der Waals surface area contributed by atoms with Crippen LogP contribution < -0.4 is 5.32 Å². The van der Waals surface area contributed by atoms with Gasteiger partial charge in [0.1, 0.15) is 0 Å². The molecule has 0 aliphatic heterocycles. The van der Waals surface area contributed by atoms with Gasteiger partial charge in [-0.05, 0) is 30.5 Å². The van der Waals surface area contributed by atoms with Gasteiger partial charge < -0.3 is 10.4 Å². The van der Waals surface area contributed by atoms with Gasteiger partial charge in [-0.1, -0.05) is 41.9 Å². The molecule has 114 valence electrons. The van der Waals surface area contributed by atoms with E-state index >= 15 is 0 Å². The number of benzene rings is 1. The number of carbonyl (C=O) groups is 2. The smallest absolute Gasteiger partial charge is 0.307 e. The maximum absolute atomic E-state index is 12.1. The number of rotatable bonds is 5. The van der Waals surface area contributed by atoms with Gasteiger partial charge >= 0.3 is 5.97 Å². The summed E-state index contributed by atoms with van der Waals surface area (Å²) < 4.78 is 1.00. The molecule has 1 aliphatic rings. The second-order valence-electron chi connectivity index (χ2n) is 6.24. The van der Waals surface area contributed by atoms with E-state index in [0.717, 1.165) is 10.0 Å². The van der Waals surface area contributed by atoms with Gasteiger partial charge in [-0.25, -0.2) is 0 Å². The van der Waals surface area contributed by atoms with Crippen molar-refractivity contribution in [2.24, 2.45) is 11.8 Å². The average Bonchev–Trinajstić information content (AvgIpc) is 2.34. The highest BCUT2D eigenvalue weighted by Crippen LogP contribution is 2.34. The fraction of sp³-hybridized carbons (Fsp3) is 0.500. The topological polar surface area (TPSA) is 66.4 Å². The number of halogens is 1. The van der Waals surface area contributed by atoms with Gasteiger partial charge in [0.2, 0.25) is 5.91 Å². The van der Waals surface area contributed by atoms with Crippen LogP contribution in [0.1, 0.15) is 32.3 Å². The minimum absolute atomic E-state index is 0.142. The Balaban J connectivity index is 1.95. The molecule has 1 amide bonds. The molecule has 2 rings (SSSR count). The largest absolute Gasteiger partial charge is 0.481 e. The molecule has 21 heavy (non-hydrogen) atoms. The van der Waals surface area contributed by atoms with Crippen LogP contribution in [-0.2, 0) is 15.0 Å². The van der Waals surface area contributed by atoms with Crippen LogP contribution in [0.25, 0.3) is 0 Å². The van der Waals surface area contributed by atoms with Crippen LogP contribution >= 0.6 is 15.9 Å². The lowest BCUT2D eigenvalue weighted by Gasteiger charge is -2.33. The van der Waals surface area contributed by atoms with Gasteiger partial charge in [0.05, 0.1) is 11.8 Å². The van der Waals surface area contributed by atoms with Crippen molar-refractivity contribution in [1.82, 2.24) is 5.32 Å². The van der Waals surface area contributed by atoms with E-state index in [1.165, 1.54) is 0 Å². The number of carbonyl (C=O) groups excluding carboxylic acids is 1. The van der Waals surface area contributed by atoms with Gasteiger partial charge in [-0.3, -0.25) is 9.59 Å². The number of carboxylic acid groups (broad SMARTS) is 1. The van der Waals surface area contributed by atoms with E-state index in [0.29, 0.717) is 19.4 Å². The van der Waals surface area contributed by atoms with Crippen LogP contribution in [0.15, 0.2) is 28.7 Å². The highest BCUT2D eigenvalue weighted by molar-refractivity contribution is 9.10. The summed E-state index contributed by atoms with van der Waals surface area (Å²) in [7, 11) is 0. The monoisotopic (exact) mass is 353 g/mol. The Morgan fingerprint density at radius 2 is 2.00 bits per heavy atom. The fourth-order valence-corrected chi connectivity index (χ4v) is 2.96. The quantitative estimate of drug-likeness (QED) is 0.854. The third-order valence-electron chi connectivity index (χ3n) is 4.24. The number of nitrogens with one attached hydrogen (secondary N) is 1. The van der Waals surface area contributed by atoms with E-state index < -0.39 is 11.9 Å². The maximum atomic E-state index is 12.1. The summed E-state index contributed by atoms with van der Waals surface area (Å²) in [6.45, 7) is 4.61. The van der Waals surface area contributed by atoms with Crippen LogP contribution in [0.5, 0.6) is 0 Å². The highest BCUT2D eigenvalue weighted by Gasteiger charge is 2.41. The highest BCUT2D eigenvalue weighted by atomic mass is 79.9. The lowest BCUT2D eigenvalue weighted by Crippen LogP contribution is -2.47. The Morgan fingerprint density at radius 1 is 1.33 bits per heavy atom. The zero-order valence-corrected chi connectivity index (χ0v) is 13.8. The Hall–Kier alpha value is -1.36. The second kappa shape index (κ2) is 6.18. The first kappa shape index (κ1) is 16.0. The van der Waals surface area contributed by atoms with Crippen LogP contribution in [0, 0.1) is 11.8 Å². The van der Waals surface area contributed by atoms with Gasteiger partial charge in [-0.2, -0.15) is 0 Å². The molecule has 0 bridgehead atoms. The normalized spacial score (nSPS) is 21.5. The molecule has 0 aromatic heterocycles. The van der Waals surface area contributed by atoms with E-state index in [2.05, 4.69) is 35.1 Å². The van der Waals surface area contributed by atoms with Crippen LogP contribution in [0.3, 0.4) is 0 Å². The predicted molar refractivity (Wildman–Crippen MR) is 84.0 cm³/mol. The first-order chi connectivity index (χ1) is 9.81. The average molecular weight is 354 g/mol. The number of hydrogen-bond acceptors (Lipinski definition) is 2. The summed E-state index contributed by atoms with van der Waals surface area (Å²) >= 11 is 3.45. The van der Waals surface area contributed by atoms with Gasteiger partial charge in [0, 0.05) is 16.4 Å². The van der Waals surface area contributed by atoms with Gasteiger partial charge in [0.15, 0.2) is 0 Å². The zero-order valence-electron chi connectivity index (χ0n) is 12.2. The summed E-state index contributed by atoms with van der Waals surface area (Å²) in [6.07, 6.45) is 1.27. The van der Waals surface area contributed by atoms with E-state index in [4.69, 9.17) is 5.11 Å². The van der Waals surface area contributed by atoms with Crippen LogP contribution in [0.2, 0.25) is 0 Å². The summed E-state index contributed by atoms with van der Waals surface area (Å²) in [6, 6.07) is 8.00. The van der Waals surface area contributed by atoms with E-state index in [1.807, 2.05) is 24.3 Å².